The van der Waals surface area contributed by atoms with Crippen LogP contribution in [0.1, 0.15) is 40.5 Å². The van der Waals surface area contributed by atoms with Gasteiger partial charge < -0.3 is 19.8 Å². The number of rotatable bonds is 8. The lowest BCUT2D eigenvalue weighted by Crippen LogP contribution is -2.14. The molecule has 6 nitrogen and oxygen atoms in total. The zero-order valence-corrected chi connectivity index (χ0v) is 20.2. The smallest absolute Gasteiger partial charge is 0.160 e. The first-order valence-electron chi connectivity index (χ1n) is 10.9. The molecule has 0 aliphatic heterocycles. The van der Waals surface area contributed by atoms with Crippen LogP contribution in [0.25, 0.3) is 11.0 Å². The number of hydrogen-bond donors (Lipinski definition) is 1. The van der Waals surface area contributed by atoms with Crippen molar-refractivity contribution in [3.05, 3.63) is 81.9 Å². The summed E-state index contributed by atoms with van der Waals surface area (Å²) in [5, 5.41) is 1.77. The molecule has 0 fully saturated rings. The molecular formula is C26H29ClN4O2. The maximum atomic E-state index is 6.66. The minimum absolute atomic E-state index is 0.219. The van der Waals surface area contributed by atoms with Crippen molar-refractivity contribution in [3.8, 4) is 11.5 Å². The van der Waals surface area contributed by atoms with Crippen molar-refractivity contribution in [3.63, 3.8) is 0 Å². The molecule has 2 aromatic heterocycles. The fraction of sp³-hybridized carbons (Fsp3) is 0.308. The van der Waals surface area contributed by atoms with Crippen LogP contribution in [0.3, 0.4) is 0 Å². The first kappa shape index (κ1) is 23.1. The molecule has 2 heterocycles. The van der Waals surface area contributed by atoms with Crippen LogP contribution >= 0.6 is 11.6 Å². The first-order valence-corrected chi connectivity index (χ1v) is 11.3. The monoisotopic (exact) mass is 464 g/mol. The largest absolute Gasteiger partial charge is 0.493 e. The van der Waals surface area contributed by atoms with E-state index in [9.17, 15) is 0 Å². The Morgan fingerprint density at radius 1 is 1.00 bits per heavy atom. The minimum Gasteiger partial charge on any atom is -0.493 e. The summed E-state index contributed by atoms with van der Waals surface area (Å²) < 4.78 is 13.0. The van der Waals surface area contributed by atoms with Gasteiger partial charge in [0, 0.05) is 28.7 Å². The van der Waals surface area contributed by atoms with Crippen LogP contribution in [0.5, 0.6) is 11.5 Å². The van der Waals surface area contributed by atoms with Crippen molar-refractivity contribution >= 4 is 22.6 Å². The lowest BCUT2D eigenvalue weighted by molar-refractivity contribution is 0.354. The molecule has 2 aromatic carbocycles. The predicted octanol–water partition coefficient (Wildman–Crippen LogP) is 5.40. The van der Waals surface area contributed by atoms with Crippen LogP contribution < -0.4 is 15.2 Å². The standard InChI is InChI=1S/C26H29ClN4O2/c1-16-17(2)31(14-19-6-5-7-20(27)12-19)26-24(16)25(29-15-30-26)21(28)10-8-18-9-11-22(32-3)23(13-18)33-4/h5-7,9,11-13,15,21H,8,10,14,28H2,1-4H3. The highest BCUT2D eigenvalue weighted by Gasteiger charge is 2.20. The molecule has 0 bridgehead atoms. The molecule has 0 saturated carbocycles. The normalized spacial score (nSPS) is 12.2. The van der Waals surface area contributed by atoms with Crippen LogP contribution in [-0.2, 0) is 13.0 Å². The molecule has 4 rings (SSSR count). The van der Waals surface area contributed by atoms with Gasteiger partial charge in [-0.05, 0) is 67.6 Å². The molecule has 0 radical (unpaired) electrons. The van der Waals surface area contributed by atoms with Gasteiger partial charge in [0.15, 0.2) is 11.5 Å². The number of aryl methyl sites for hydroxylation is 2. The second-order valence-electron chi connectivity index (χ2n) is 8.22. The van der Waals surface area contributed by atoms with Crippen molar-refractivity contribution in [2.75, 3.05) is 14.2 Å². The number of methoxy groups -OCH3 is 2. The van der Waals surface area contributed by atoms with Crippen LogP contribution in [0, 0.1) is 13.8 Å². The number of benzene rings is 2. The van der Waals surface area contributed by atoms with E-state index < -0.39 is 0 Å². The van der Waals surface area contributed by atoms with Gasteiger partial charge in [-0.25, -0.2) is 9.97 Å². The van der Waals surface area contributed by atoms with Gasteiger partial charge in [-0.15, -0.1) is 0 Å². The molecular weight excluding hydrogens is 436 g/mol. The molecule has 4 aromatic rings. The molecule has 172 valence electrons. The average molecular weight is 465 g/mol. The Kier molecular flexibility index (Phi) is 6.86. The van der Waals surface area contributed by atoms with E-state index in [1.165, 1.54) is 0 Å². The van der Waals surface area contributed by atoms with Crippen molar-refractivity contribution in [2.45, 2.75) is 39.3 Å². The highest BCUT2D eigenvalue weighted by atomic mass is 35.5. The summed E-state index contributed by atoms with van der Waals surface area (Å²) in [4.78, 5) is 9.22. The Hall–Kier alpha value is -3.09. The first-order chi connectivity index (χ1) is 15.9. The molecule has 7 heteroatoms. The van der Waals surface area contributed by atoms with E-state index in [4.69, 9.17) is 26.8 Å². The molecule has 0 spiro atoms. The highest BCUT2D eigenvalue weighted by molar-refractivity contribution is 6.30. The predicted molar refractivity (Wildman–Crippen MR) is 132 cm³/mol. The number of halogens is 1. The van der Waals surface area contributed by atoms with E-state index in [-0.39, 0.29) is 6.04 Å². The Bertz CT molecular complexity index is 1290. The quantitative estimate of drug-likeness (QED) is 0.378. The summed E-state index contributed by atoms with van der Waals surface area (Å²) in [6.07, 6.45) is 3.16. The highest BCUT2D eigenvalue weighted by Crippen LogP contribution is 2.32. The van der Waals surface area contributed by atoms with Crippen LogP contribution in [0.2, 0.25) is 5.02 Å². The van der Waals surface area contributed by atoms with Gasteiger partial charge in [0.1, 0.15) is 12.0 Å². The van der Waals surface area contributed by atoms with Crippen molar-refractivity contribution in [1.82, 2.24) is 14.5 Å². The topological polar surface area (TPSA) is 75.2 Å². The minimum atomic E-state index is -0.219. The second-order valence-corrected chi connectivity index (χ2v) is 8.65. The van der Waals surface area contributed by atoms with Crippen LogP contribution in [-0.4, -0.2) is 28.8 Å². The van der Waals surface area contributed by atoms with E-state index >= 15 is 0 Å². The molecule has 0 amide bonds. The zero-order chi connectivity index (χ0) is 23.5. The van der Waals surface area contributed by atoms with Crippen molar-refractivity contribution in [2.24, 2.45) is 5.73 Å². The lowest BCUT2D eigenvalue weighted by atomic mass is 10.00. The van der Waals surface area contributed by atoms with Crippen LogP contribution in [0.4, 0.5) is 0 Å². The van der Waals surface area contributed by atoms with Crippen LogP contribution in [0.15, 0.2) is 48.8 Å². The van der Waals surface area contributed by atoms with E-state index in [2.05, 4.69) is 34.4 Å². The van der Waals surface area contributed by atoms with Gasteiger partial charge in [-0.2, -0.15) is 0 Å². The summed E-state index contributed by atoms with van der Waals surface area (Å²) in [5.41, 5.74) is 13.0. The second kappa shape index (κ2) is 9.81. The third-order valence-electron chi connectivity index (χ3n) is 6.21. The number of fused-ring (bicyclic) bond motifs is 1. The molecule has 1 unspecified atom stereocenters. The summed E-state index contributed by atoms with van der Waals surface area (Å²) in [6.45, 7) is 4.91. The maximum Gasteiger partial charge on any atom is 0.160 e. The number of nitrogens with two attached hydrogens (primary N) is 1. The fourth-order valence-corrected chi connectivity index (χ4v) is 4.50. The summed E-state index contributed by atoms with van der Waals surface area (Å²) >= 11 is 6.20. The average Bonchev–Trinajstić information content (AvgIpc) is 3.07. The molecule has 1 atom stereocenters. The zero-order valence-electron chi connectivity index (χ0n) is 19.4. The Morgan fingerprint density at radius 2 is 1.79 bits per heavy atom. The molecule has 0 aliphatic rings. The third kappa shape index (κ3) is 4.68. The van der Waals surface area contributed by atoms with Gasteiger partial charge in [0.25, 0.3) is 0 Å². The maximum absolute atomic E-state index is 6.66. The number of hydrogen-bond acceptors (Lipinski definition) is 5. The van der Waals surface area contributed by atoms with Gasteiger partial charge in [0.2, 0.25) is 0 Å². The van der Waals surface area contributed by atoms with Gasteiger partial charge in [-0.3, -0.25) is 0 Å². The SMILES string of the molecule is COc1ccc(CCC(N)c2ncnc3c2c(C)c(C)n3Cc2cccc(Cl)c2)cc1OC. The summed E-state index contributed by atoms with van der Waals surface area (Å²) in [6, 6.07) is 13.7. The van der Waals surface area contributed by atoms with Crippen molar-refractivity contribution in [1.29, 1.82) is 0 Å². The number of aromatic nitrogens is 3. The van der Waals surface area contributed by atoms with Gasteiger partial charge in [-0.1, -0.05) is 29.8 Å². The van der Waals surface area contributed by atoms with Gasteiger partial charge in [0.05, 0.1) is 19.9 Å². The molecule has 33 heavy (non-hydrogen) atoms. The lowest BCUT2D eigenvalue weighted by Gasteiger charge is -2.14. The Morgan fingerprint density at radius 3 is 2.52 bits per heavy atom. The number of nitrogens with zero attached hydrogens (tertiary/aromatic N) is 3. The molecule has 2 N–H and O–H groups in total. The van der Waals surface area contributed by atoms with Gasteiger partial charge >= 0.3 is 0 Å². The van der Waals surface area contributed by atoms with E-state index in [0.717, 1.165) is 68.5 Å². The number of ether oxygens (including phenoxy) is 2. The Labute approximate surface area is 199 Å². The fourth-order valence-electron chi connectivity index (χ4n) is 4.28. The Balaban J connectivity index is 1.62. The summed E-state index contributed by atoms with van der Waals surface area (Å²) in [5.74, 6) is 1.44. The molecule has 0 aliphatic carbocycles. The van der Waals surface area contributed by atoms with E-state index in [0.29, 0.717) is 6.54 Å². The summed E-state index contributed by atoms with van der Waals surface area (Å²) in [7, 11) is 3.28. The third-order valence-corrected chi connectivity index (χ3v) is 6.44. The molecule has 0 saturated heterocycles. The van der Waals surface area contributed by atoms with E-state index in [1.807, 2.05) is 36.4 Å². The van der Waals surface area contributed by atoms with Crippen molar-refractivity contribution < 1.29 is 9.47 Å². The van der Waals surface area contributed by atoms with E-state index in [1.54, 1.807) is 20.5 Å².